The third-order valence-electron chi connectivity index (χ3n) is 3.76. The highest BCUT2D eigenvalue weighted by molar-refractivity contribution is 14.0. The Morgan fingerprint density at radius 1 is 1.36 bits per heavy atom. The highest BCUT2D eigenvalue weighted by Gasteiger charge is 2.34. The molecule has 1 aliphatic carbocycles. The molecule has 3 N–H and O–H groups in total. The van der Waals surface area contributed by atoms with Gasteiger partial charge in [0.2, 0.25) is 0 Å². The summed E-state index contributed by atoms with van der Waals surface area (Å²) in [6.45, 7) is 3.88. The van der Waals surface area contributed by atoms with Crippen molar-refractivity contribution < 1.29 is 9.50 Å². The van der Waals surface area contributed by atoms with Crippen molar-refractivity contribution in [2.75, 3.05) is 19.6 Å². The molecule has 124 valence electrons. The fraction of sp³-hybridized carbons (Fsp3) is 0.562. The van der Waals surface area contributed by atoms with Crippen molar-refractivity contribution in [3.8, 4) is 0 Å². The molecular formula is C16H25FIN3O. The average molecular weight is 421 g/mol. The molecule has 0 spiro atoms. The molecule has 0 unspecified atom stereocenters. The van der Waals surface area contributed by atoms with Crippen LogP contribution in [0.15, 0.2) is 29.3 Å². The van der Waals surface area contributed by atoms with E-state index in [9.17, 15) is 9.50 Å². The summed E-state index contributed by atoms with van der Waals surface area (Å²) in [5, 5.41) is 16.4. The number of hydrogen-bond acceptors (Lipinski definition) is 2. The standard InChI is InChI=1S/C16H24FN3O.HI/c1-2-18-15(20-12-16(21)8-4-9-16)19-10-7-13-5-3-6-14(17)11-13;/h3,5-6,11,21H,2,4,7-10,12H2,1H3,(H2,18,19,20);1H. The van der Waals surface area contributed by atoms with Gasteiger partial charge in [-0.3, -0.25) is 4.99 Å². The lowest BCUT2D eigenvalue weighted by atomic mass is 9.80. The van der Waals surface area contributed by atoms with E-state index in [2.05, 4.69) is 15.6 Å². The summed E-state index contributed by atoms with van der Waals surface area (Å²) in [4.78, 5) is 4.43. The minimum atomic E-state index is -0.606. The highest BCUT2D eigenvalue weighted by atomic mass is 127. The molecule has 1 aliphatic rings. The maximum atomic E-state index is 13.1. The van der Waals surface area contributed by atoms with Gasteiger partial charge in [-0.1, -0.05) is 12.1 Å². The molecule has 0 aromatic heterocycles. The first kappa shape index (κ1) is 19.2. The molecule has 1 aromatic carbocycles. The van der Waals surface area contributed by atoms with Crippen molar-refractivity contribution in [3.63, 3.8) is 0 Å². The van der Waals surface area contributed by atoms with Gasteiger partial charge >= 0.3 is 0 Å². The molecule has 0 saturated heterocycles. The van der Waals surface area contributed by atoms with Crippen LogP contribution in [0.25, 0.3) is 0 Å². The number of nitrogens with one attached hydrogen (secondary N) is 2. The molecule has 6 heteroatoms. The Labute approximate surface area is 148 Å². The molecule has 0 amide bonds. The van der Waals surface area contributed by atoms with E-state index in [0.717, 1.165) is 37.8 Å². The minimum absolute atomic E-state index is 0. The van der Waals surface area contributed by atoms with Crippen LogP contribution in [0.1, 0.15) is 31.7 Å². The van der Waals surface area contributed by atoms with E-state index in [0.29, 0.717) is 19.0 Å². The van der Waals surface area contributed by atoms with Crippen LogP contribution in [0, 0.1) is 5.82 Å². The SMILES string of the molecule is CCNC(=NCC1(O)CCC1)NCCc1cccc(F)c1.I. The van der Waals surface area contributed by atoms with Crippen molar-refractivity contribution in [1.29, 1.82) is 0 Å². The van der Waals surface area contributed by atoms with Crippen molar-refractivity contribution >= 4 is 29.9 Å². The molecular weight excluding hydrogens is 396 g/mol. The molecule has 2 rings (SSSR count). The zero-order valence-corrected chi connectivity index (χ0v) is 15.3. The summed E-state index contributed by atoms with van der Waals surface area (Å²) < 4.78 is 13.1. The van der Waals surface area contributed by atoms with Gasteiger partial charge in [0.05, 0.1) is 12.1 Å². The molecule has 4 nitrogen and oxygen atoms in total. The third-order valence-corrected chi connectivity index (χ3v) is 3.76. The maximum absolute atomic E-state index is 13.1. The molecule has 22 heavy (non-hydrogen) atoms. The van der Waals surface area contributed by atoms with E-state index in [1.54, 1.807) is 12.1 Å². The maximum Gasteiger partial charge on any atom is 0.191 e. The van der Waals surface area contributed by atoms with Crippen LogP contribution in [0.2, 0.25) is 0 Å². The fourth-order valence-corrected chi connectivity index (χ4v) is 2.33. The van der Waals surface area contributed by atoms with Crippen molar-refractivity contribution in [3.05, 3.63) is 35.6 Å². The van der Waals surface area contributed by atoms with Gasteiger partial charge in [-0.25, -0.2) is 4.39 Å². The van der Waals surface area contributed by atoms with Crippen molar-refractivity contribution in [2.24, 2.45) is 4.99 Å². The van der Waals surface area contributed by atoms with Gasteiger partial charge in [-0.15, -0.1) is 24.0 Å². The first-order valence-electron chi connectivity index (χ1n) is 7.60. The van der Waals surface area contributed by atoms with E-state index < -0.39 is 5.60 Å². The second kappa shape index (κ2) is 9.29. The minimum Gasteiger partial charge on any atom is -0.388 e. The van der Waals surface area contributed by atoms with Gasteiger partial charge in [0.1, 0.15) is 5.82 Å². The van der Waals surface area contributed by atoms with Gasteiger partial charge in [-0.05, 0) is 50.3 Å². The molecule has 0 aliphatic heterocycles. The van der Waals surface area contributed by atoms with Crippen LogP contribution in [-0.2, 0) is 6.42 Å². The molecule has 0 atom stereocenters. The van der Waals surface area contributed by atoms with E-state index in [-0.39, 0.29) is 29.8 Å². The lowest BCUT2D eigenvalue weighted by Crippen LogP contribution is -2.43. The summed E-state index contributed by atoms with van der Waals surface area (Å²) in [5.74, 6) is 0.495. The third kappa shape index (κ3) is 6.08. The van der Waals surface area contributed by atoms with Crippen LogP contribution in [0.5, 0.6) is 0 Å². The number of hydrogen-bond donors (Lipinski definition) is 3. The topological polar surface area (TPSA) is 56.7 Å². The van der Waals surface area contributed by atoms with Crippen LogP contribution in [-0.4, -0.2) is 36.3 Å². The number of guanidine groups is 1. The van der Waals surface area contributed by atoms with E-state index in [4.69, 9.17) is 0 Å². The van der Waals surface area contributed by atoms with Gasteiger partial charge in [0, 0.05) is 13.1 Å². The molecule has 0 bridgehead atoms. The number of rotatable bonds is 6. The highest BCUT2D eigenvalue weighted by Crippen LogP contribution is 2.31. The molecule has 1 aromatic rings. The van der Waals surface area contributed by atoms with Gasteiger partial charge in [0.25, 0.3) is 0 Å². The zero-order chi connectivity index (χ0) is 15.1. The zero-order valence-electron chi connectivity index (χ0n) is 12.9. The Morgan fingerprint density at radius 2 is 2.14 bits per heavy atom. The van der Waals surface area contributed by atoms with Crippen LogP contribution < -0.4 is 10.6 Å². The normalized spacial score (nSPS) is 16.4. The van der Waals surface area contributed by atoms with Crippen LogP contribution in [0.3, 0.4) is 0 Å². The summed E-state index contributed by atoms with van der Waals surface area (Å²) in [5.41, 5.74) is 0.348. The largest absolute Gasteiger partial charge is 0.388 e. The average Bonchev–Trinajstić information content (AvgIpc) is 2.43. The number of aliphatic hydroxyl groups is 1. The van der Waals surface area contributed by atoms with E-state index in [1.807, 2.05) is 13.0 Å². The molecule has 0 heterocycles. The number of halogens is 2. The second-order valence-electron chi connectivity index (χ2n) is 5.58. The summed E-state index contributed by atoms with van der Waals surface area (Å²) in [7, 11) is 0. The lowest BCUT2D eigenvalue weighted by molar-refractivity contribution is -0.0236. The summed E-state index contributed by atoms with van der Waals surface area (Å²) in [6.07, 6.45) is 3.47. The molecule has 0 radical (unpaired) electrons. The predicted octanol–water partition coefficient (Wildman–Crippen LogP) is 2.46. The monoisotopic (exact) mass is 421 g/mol. The van der Waals surface area contributed by atoms with E-state index in [1.165, 1.54) is 6.07 Å². The molecule has 1 fully saturated rings. The summed E-state index contributed by atoms with van der Waals surface area (Å²) in [6, 6.07) is 6.62. The van der Waals surface area contributed by atoms with Gasteiger partial charge < -0.3 is 15.7 Å². The van der Waals surface area contributed by atoms with Crippen LogP contribution >= 0.6 is 24.0 Å². The summed E-state index contributed by atoms with van der Waals surface area (Å²) >= 11 is 0. The number of benzene rings is 1. The first-order chi connectivity index (χ1) is 10.1. The fourth-order valence-electron chi connectivity index (χ4n) is 2.33. The number of nitrogens with zero attached hydrogens (tertiary/aromatic N) is 1. The lowest BCUT2D eigenvalue weighted by Gasteiger charge is -2.35. The Balaban J connectivity index is 0.00000242. The Bertz CT molecular complexity index is 492. The number of aliphatic imine (C=N–C) groups is 1. The van der Waals surface area contributed by atoms with Crippen molar-refractivity contribution in [2.45, 2.75) is 38.2 Å². The Kier molecular flexibility index (Phi) is 8.09. The quantitative estimate of drug-likeness (QED) is 0.376. The smallest absolute Gasteiger partial charge is 0.191 e. The second-order valence-corrected chi connectivity index (χ2v) is 5.58. The predicted molar refractivity (Wildman–Crippen MR) is 98.3 cm³/mol. The van der Waals surface area contributed by atoms with Crippen molar-refractivity contribution in [1.82, 2.24) is 10.6 Å². The van der Waals surface area contributed by atoms with Gasteiger partial charge in [0.15, 0.2) is 5.96 Å². The Hall–Kier alpha value is -0.890. The van der Waals surface area contributed by atoms with Gasteiger partial charge in [-0.2, -0.15) is 0 Å². The first-order valence-corrected chi connectivity index (χ1v) is 7.60. The Morgan fingerprint density at radius 3 is 2.73 bits per heavy atom. The van der Waals surface area contributed by atoms with E-state index >= 15 is 0 Å². The molecule has 1 saturated carbocycles. The van der Waals surface area contributed by atoms with Crippen LogP contribution in [0.4, 0.5) is 4.39 Å².